The summed E-state index contributed by atoms with van der Waals surface area (Å²) >= 11 is 12.0. The highest BCUT2D eigenvalue weighted by Crippen LogP contribution is 2.63. The lowest BCUT2D eigenvalue weighted by molar-refractivity contribution is 0.194. The molecule has 0 saturated heterocycles. The molecule has 0 heterocycles. The molecule has 21 heavy (non-hydrogen) atoms. The van der Waals surface area contributed by atoms with E-state index in [1.54, 1.807) is 12.3 Å². The van der Waals surface area contributed by atoms with Gasteiger partial charge in [-0.1, -0.05) is 50.0 Å². The Morgan fingerprint density at radius 3 is 2.57 bits per heavy atom. The van der Waals surface area contributed by atoms with Crippen molar-refractivity contribution in [1.29, 1.82) is 0 Å². The molecule has 0 radical (unpaired) electrons. The lowest BCUT2D eigenvalue weighted by Gasteiger charge is -2.34. The molecule has 4 heteroatoms. The highest BCUT2D eigenvalue weighted by molar-refractivity contribution is 6.36. The van der Waals surface area contributed by atoms with Gasteiger partial charge in [0.1, 0.15) is 0 Å². The predicted octanol–water partition coefficient (Wildman–Crippen LogP) is 5.61. The van der Waals surface area contributed by atoms with Crippen LogP contribution in [0.15, 0.2) is 28.4 Å². The lowest BCUT2D eigenvalue weighted by atomic mass is 9.70. The highest BCUT2D eigenvalue weighted by atomic mass is 35.5. The fourth-order valence-corrected chi connectivity index (χ4v) is 4.30. The summed E-state index contributed by atoms with van der Waals surface area (Å²) in [5.41, 5.74) is 2.61. The molecule has 2 nitrogen and oxygen atoms in total. The second-order valence-corrected chi connectivity index (χ2v) is 7.79. The molecule has 0 spiro atoms. The first-order valence-electron chi connectivity index (χ1n) is 7.40. The van der Waals surface area contributed by atoms with Gasteiger partial charge in [0, 0.05) is 21.7 Å². The Balaban J connectivity index is 1.83. The minimum Gasteiger partial charge on any atom is -0.160 e. The molecule has 2 aliphatic rings. The molecule has 2 fully saturated rings. The van der Waals surface area contributed by atoms with Gasteiger partial charge in [0.15, 0.2) is 0 Å². The maximum Gasteiger partial charge on any atom is 0.0583 e. The Morgan fingerprint density at radius 2 is 2.00 bits per heavy atom. The molecule has 3 rings (SSSR count). The first kappa shape index (κ1) is 15.1. The number of fused-ring (bicyclic) bond motifs is 2. The lowest BCUT2D eigenvalue weighted by Crippen LogP contribution is -2.32. The zero-order chi connectivity index (χ0) is 15.3. The van der Waals surface area contributed by atoms with Crippen molar-refractivity contribution >= 4 is 35.1 Å². The second-order valence-electron chi connectivity index (χ2n) is 6.95. The summed E-state index contributed by atoms with van der Waals surface area (Å²) in [6.07, 6.45) is 5.33. The van der Waals surface area contributed by atoms with Crippen LogP contribution in [-0.2, 0) is 0 Å². The van der Waals surface area contributed by atoms with E-state index >= 15 is 0 Å². The molecule has 112 valence electrons. The number of hydrogen-bond donors (Lipinski definition) is 0. The first-order valence-corrected chi connectivity index (χ1v) is 8.15. The molecule has 1 aromatic carbocycles. The molecular formula is C17H20Cl2N2. The summed E-state index contributed by atoms with van der Waals surface area (Å²) in [6, 6.07) is 5.39. The van der Waals surface area contributed by atoms with Crippen LogP contribution in [0.2, 0.25) is 10.0 Å². The fraction of sp³-hybridized carbons (Fsp3) is 0.529. The van der Waals surface area contributed by atoms with Gasteiger partial charge in [-0.25, -0.2) is 0 Å². The van der Waals surface area contributed by atoms with Gasteiger partial charge in [-0.2, -0.15) is 10.2 Å². The van der Waals surface area contributed by atoms with Gasteiger partial charge in [0.05, 0.1) is 11.2 Å². The van der Waals surface area contributed by atoms with Crippen LogP contribution in [0.1, 0.15) is 45.6 Å². The van der Waals surface area contributed by atoms with E-state index < -0.39 is 0 Å². The van der Waals surface area contributed by atoms with Gasteiger partial charge < -0.3 is 0 Å². The van der Waals surface area contributed by atoms with Crippen molar-refractivity contribution in [3.63, 3.8) is 0 Å². The van der Waals surface area contributed by atoms with Gasteiger partial charge in [0.25, 0.3) is 0 Å². The van der Waals surface area contributed by atoms with Gasteiger partial charge in [0.2, 0.25) is 0 Å². The third-order valence-corrected chi connectivity index (χ3v) is 6.41. The average molecular weight is 323 g/mol. The average Bonchev–Trinajstić information content (AvgIpc) is 2.74. The molecular weight excluding hydrogens is 303 g/mol. The first-order chi connectivity index (χ1) is 9.84. The molecule has 0 aliphatic heterocycles. The number of halogens is 2. The van der Waals surface area contributed by atoms with Crippen LogP contribution in [0.25, 0.3) is 0 Å². The van der Waals surface area contributed by atoms with Crippen LogP contribution in [0.4, 0.5) is 0 Å². The van der Waals surface area contributed by atoms with Gasteiger partial charge in [-0.15, -0.1) is 0 Å². The molecule has 2 saturated carbocycles. The molecule has 2 atom stereocenters. The monoisotopic (exact) mass is 322 g/mol. The SMILES string of the molecule is CC1(C)[C@H]2CC[C@]1(C)/C(=N\N=C/c1ccc(Cl)cc1Cl)C2. The maximum atomic E-state index is 6.14. The summed E-state index contributed by atoms with van der Waals surface area (Å²) in [5.74, 6) is 0.746. The number of rotatable bonds is 2. The maximum absolute atomic E-state index is 6.14. The Morgan fingerprint density at radius 1 is 1.24 bits per heavy atom. The third-order valence-electron chi connectivity index (χ3n) is 5.85. The Kier molecular flexibility index (Phi) is 3.66. The van der Waals surface area contributed by atoms with Crippen LogP contribution < -0.4 is 0 Å². The van der Waals surface area contributed by atoms with E-state index in [0.29, 0.717) is 15.5 Å². The van der Waals surface area contributed by atoms with E-state index in [1.165, 1.54) is 18.6 Å². The van der Waals surface area contributed by atoms with E-state index in [1.807, 2.05) is 12.1 Å². The molecule has 2 aliphatic carbocycles. The van der Waals surface area contributed by atoms with Crippen LogP contribution >= 0.6 is 23.2 Å². The summed E-state index contributed by atoms with van der Waals surface area (Å²) < 4.78 is 0. The van der Waals surface area contributed by atoms with Crippen molar-refractivity contribution in [3.05, 3.63) is 33.8 Å². The van der Waals surface area contributed by atoms with Crippen molar-refractivity contribution in [1.82, 2.24) is 0 Å². The van der Waals surface area contributed by atoms with Crippen molar-refractivity contribution in [2.24, 2.45) is 27.0 Å². The standard InChI is InChI=1S/C17H20Cl2N2/c1-16(2)12-6-7-17(16,3)15(8-12)21-20-10-11-4-5-13(18)9-14(11)19/h4-5,9-10,12H,6-8H2,1-3H3/b20-10-,21-15-/t12-,17+/m0/s1. The normalized spacial score (nSPS) is 32.4. The molecule has 2 bridgehead atoms. The molecule has 0 N–H and O–H groups in total. The van der Waals surface area contributed by atoms with Crippen molar-refractivity contribution in [2.75, 3.05) is 0 Å². The summed E-state index contributed by atoms with van der Waals surface area (Å²) in [7, 11) is 0. The van der Waals surface area contributed by atoms with Gasteiger partial charge >= 0.3 is 0 Å². The van der Waals surface area contributed by atoms with Crippen molar-refractivity contribution in [2.45, 2.75) is 40.0 Å². The van der Waals surface area contributed by atoms with E-state index in [9.17, 15) is 0 Å². The van der Waals surface area contributed by atoms with Crippen LogP contribution in [0, 0.1) is 16.7 Å². The molecule has 0 amide bonds. The van der Waals surface area contributed by atoms with E-state index in [-0.39, 0.29) is 5.41 Å². The topological polar surface area (TPSA) is 24.7 Å². The molecule has 1 aromatic rings. The van der Waals surface area contributed by atoms with E-state index in [2.05, 4.69) is 31.0 Å². The third kappa shape index (κ3) is 2.33. The summed E-state index contributed by atoms with van der Waals surface area (Å²) in [6.45, 7) is 7.07. The zero-order valence-corrected chi connectivity index (χ0v) is 14.2. The largest absolute Gasteiger partial charge is 0.160 e. The van der Waals surface area contributed by atoms with Crippen LogP contribution in [0.3, 0.4) is 0 Å². The zero-order valence-electron chi connectivity index (χ0n) is 12.7. The molecule has 0 aromatic heterocycles. The van der Waals surface area contributed by atoms with Crippen molar-refractivity contribution in [3.8, 4) is 0 Å². The molecule has 0 unspecified atom stereocenters. The summed E-state index contributed by atoms with van der Waals surface area (Å²) in [4.78, 5) is 0. The van der Waals surface area contributed by atoms with E-state index in [0.717, 1.165) is 17.9 Å². The Labute approximate surface area is 136 Å². The highest BCUT2D eigenvalue weighted by Gasteiger charge is 2.59. The number of hydrogen-bond acceptors (Lipinski definition) is 2. The van der Waals surface area contributed by atoms with Crippen LogP contribution in [0.5, 0.6) is 0 Å². The van der Waals surface area contributed by atoms with Crippen LogP contribution in [-0.4, -0.2) is 11.9 Å². The van der Waals surface area contributed by atoms with Gasteiger partial charge in [-0.3, -0.25) is 0 Å². The number of nitrogens with zero attached hydrogens (tertiary/aromatic N) is 2. The quantitative estimate of drug-likeness (QED) is 0.499. The Bertz CT molecular complexity index is 634. The fourth-order valence-electron chi connectivity index (χ4n) is 3.85. The predicted molar refractivity (Wildman–Crippen MR) is 90.7 cm³/mol. The number of benzene rings is 1. The minimum atomic E-state index is 0.193. The summed E-state index contributed by atoms with van der Waals surface area (Å²) in [5, 5.41) is 10.0. The second kappa shape index (κ2) is 5.10. The minimum absolute atomic E-state index is 0.193. The van der Waals surface area contributed by atoms with Gasteiger partial charge in [-0.05, 0) is 42.7 Å². The smallest absolute Gasteiger partial charge is 0.0583 e. The Hall–Kier alpha value is -0.860. The van der Waals surface area contributed by atoms with E-state index in [4.69, 9.17) is 23.2 Å². The van der Waals surface area contributed by atoms with Crippen molar-refractivity contribution < 1.29 is 0 Å².